The highest BCUT2D eigenvalue weighted by Gasteiger charge is 2.11. The van der Waals surface area contributed by atoms with Crippen LogP contribution in [0, 0.1) is 6.92 Å². The molecular weight excluding hydrogens is 334 g/mol. The Labute approximate surface area is 113 Å². The van der Waals surface area contributed by atoms with Crippen LogP contribution in [0.2, 0.25) is 0 Å². The van der Waals surface area contributed by atoms with Crippen LogP contribution in [0.5, 0.6) is 0 Å². The number of hydrogen-bond donors (Lipinski definition) is 0. The molecule has 1 rings (SSSR count). The van der Waals surface area contributed by atoms with Crippen LogP contribution in [-0.2, 0) is 0 Å². The third kappa shape index (κ3) is 3.59. The zero-order chi connectivity index (χ0) is 12.1. The van der Waals surface area contributed by atoms with E-state index in [1.54, 1.807) is 4.90 Å². The summed E-state index contributed by atoms with van der Waals surface area (Å²) in [5.74, 6) is 0.0710. The summed E-state index contributed by atoms with van der Waals surface area (Å²) in [6.45, 7) is 2.78. The molecule has 1 amide bonds. The second-order valence-electron chi connectivity index (χ2n) is 3.73. The van der Waals surface area contributed by atoms with Crippen molar-refractivity contribution in [1.82, 2.24) is 4.90 Å². The third-order valence-electron chi connectivity index (χ3n) is 2.39. The number of aryl methyl sites for hydroxylation is 1. The molecule has 0 saturated carbocycles. The molecule has 0 radical (unpaired) electrons. The molecule has 4 heteroatoms. The number of benzene rings is 1. The van der Waals surface area contributed by atoms with Gasteiger partial charge in [0.15, 0.2) is 0 Å². The van der Waals surface area contributed by atoms with Crippen molar-refractivity contribution in [1.29, 1.82) is 0 Å². The van der Waals surface area contributed by atoms with Crippen molar-refractivity contribution in [2.75, 3.05) is 18.9 Å². The number of carbonyl (C=O) groups is 1. The van der Waals surface area contributed by atoms with E-state index in [-0.39, 0.29) is 5.91 Å². The van der Waals surface area contributed by atoms with Crippen LogP contribution in [-0.4, -0.2) is 29.7 Å². The molecule has 0 heterocycles. The van der Waals surface area contributed by atoms with Crippen LogP contribution in [0.1, 0.15) is 22.3 Å². The molecule has 0 aromatic heterocycles. The average molecular weight is 349 g/mol. The molecule has 0 aliphatic rings. The quantitative estimate of drug-likeness (QED) is 0.761. The summed E-state index contributed by atoms with van der Waals surface area (Å²) in [6, 6.07) is 5.70. The maximum Gasteiger partial charge on any atom is 0.253 e. The Kier molecular flexibility index (Phi) is 5.49. The summed E-state index contributed by atoms with van der Waals surface area (Å²) in [5, 5.41) is 0.919. The molecule has 0 N–H and O–H groups in total. The van der Waals surface area contributed by atoms with E-state index in [9.17, 15) is 4.79 Å². The lowest BCUT2D eigenvalue weighted by Crippen LogP contribution is -2.27. The first-order valence-electron chi connectivity index (χ1n) is 5.14. The highest BCUT2D eigenvalue weighted by atomic mass is 79.9. The van der Waals surface area contributed by atoms with Crippen LogP contribution in [0.4, 0.5) is 0 Å². The summed E-state index contributed by atoms with van der Waals surface area (Å²) in [6.07, 6.45) is 0.968. The molecular formula is C12H15Br2NO. The number of hydrogen-bond acceptors (Lipinski definition) is 1. The molecule has 0 fully saturated rings. The Hall–Kier alpha value is -0.350. The molecule has 1 aromatic rings. The minimum atomic E-state index is 0.0710. The van der Waals surface area contributed by atoms with E-state index in [4.69, 9.17) is 0 Å². The third-order valence-corrected chi connectivity index (χ3v) is 3.81. The first kappa shape index (κ1) is 13.7. The van der Waals surface area contributed by atoms with Crippen LogP contribution in [0.3, 0.4) is 0 Å². The first-order valence-corrected chi connectivity index (χ1v) is 7.05. The molecule has 0 unspecified atom stereocenters. The lowest BCUT2D eigenvalue weighted by molar-refractivity contribution is 0.0795. The monoisotopic (exact) mass is 347 g/mol. The van der Waals surface area contributed by atoms with Crippen molar-refractivity contribution in [2.45, 2.75) is 13.3 Å². The Bertz CT molecular complexity index is 379. The van der Waals surface area contributed by atoms with Gasteiger partial charge in [-0.2, -0.15) is 0 Å². The largest absolute Gasteiger partial charge is 0.342 e. The fraction of sp³-hybridized carbons (Fsp3) is 0.417. The van der Waals surface area contributed by atoms with Crippen LogP contribution in [0.25, 0.3) is 0 Å². The molecule has 0 bridgehead atoms. The number of nitrogens with zero attached hydrogens (tertiary/aromatic N) is 1. The van der Waals surface area contributed by atoms with E-state index in [0.29, 0.717) is 0 Å². The van der Waals surface area contributed by atoms with E-state index < -0.39 is 0 Å². The average Bonchev–Trinajstić information content (AvgIpc) is 2.28. The maximum absolute atomic E-state index is 12.0. The van der Waals surface area contributed by atoms with E-state index in [1.807, 2.05) is 32.2 Å². The van der Waals surface area contributed by atoms with E-state index >= 15 is 0 Å². The Morgan fingerprint density at radius 1 is 1.44 bits per heavy atom. The van der Waals surface area contributed by atoms with Crippen molar-refractivity contribution < 1.29 is 4.79 Å². The smallest absolute Gasteiger partial charge is 0.253 e. The van der Waals surface area contributed by atoms with Crippen LogP contribution in [0.15, 0.2) is 22.7 Å². The van der Waals surface area contributed by atoms with Gasteiger partial charge in [0.05, 0.1) is 0 Å². The molecule has 0 saturated heterocycles. The minimum absolute atomic E-state index is 0.0710. The second-order valence-corrected chi connectivity index (χ2v) is 5.38. The van der Waals surface area contributed by atoms with Crippen molar-refractivity contribution in [3.63, 3.8) is 0 Å². The molecule has 2 nitrogen and oxygen atoms in total. The highest BCUT2D eigenvalue weighted by molar-refractivity contribution is 9.10. The van der Waals surface area contributed by atoms with Gasteiger partial charge in [-0.3, -0.25) is 4.79 Å². The zero-order valence-electron chi connectivity index (χ0n) is 9.46. The fourth-order valence-electron chi connectivity index (χ4n) is 1.34. The first-order chi connectivity index (χ1) is 7.56. The molecule has 16 heavy (non-hydrogen) atoms. The predicted molar refractivity (Wildman–Crippen MR) is 74.3 cm³/mol. The van der Waals surface area contributed by atoms with E-state index in [2.05, 4.69) is 31.9 Å². The second kappa shape index (κ2) is 6.40. The summed E-state index contributed by atoms with van der Waals surface area (Å²) in [5.41, 5.74) is 1.87. The van der Waals surface area contributed by atoms with Gasteiger partial charge in [-0.05, 0) is 31.0 Å². The lowest BCUT2D eigenvalue weighted by Gasteiger charge is -2.16. The highest BCUT2D eigenvalue weighted by Crippen LogP contribution is 2.18. The van der Waals surface area contributed by atoms with Gasteiger partial charge in [0.25, 0.3) is 5.91 Å². The maximum atomic E-state index is 12.0. The molecule has 1 aromatic carbocycles. The predicted octanol–water partition coefficient (Wildman–Crippen LogP) is 3.61. The van der Waals surface area contributed by atoms with Crippen molar-refractivity contribution in [3.05, 3.63) is 33.8 Å². The number of halogens is 2. The van der Waals surface area contributed by atoms with Crippen molar-refractivity contribution in [2.24, 2.45) is 0 Å². The van der Waals surface area contributed by atoms with Crippen molar-refractivity contribution in [3.8, 4) is 0 Å². The van der Waals surface area contributed by atoms with Crippen LogP contribution >= 0.6 is 31.9 Å². The summed E-state index contributed by atoms with van der Waals surface area (Å²) in [7, 11) is 1.83. The molecule has 88 valence electrons. The summed E-state index contributed by atoms with van der Waals surface area (Å²) < 4.78 is 0.979. The summed E-state index contributed by atoms with van der Waals surface area (Å²) in [4.78, 5) is 13.8. The Morgan fingerprint density at radius 2 is 2.12 bits per heavy atom. The fourth-order valence-corrected chi connectivity index (χ4v) is 1.97. The van der Waals surface area contributed by atoms with Gasteiger partial charge in [0, 0.05) is 29.0 Å². The number of alkyl halides is 1. The van der Waals surface area contributed by atoms with Crippen LogP contribution < -0.4 is 0 Å². The van der Waals surface area contributed by atoms with Gasteiger partial charge >= 0.3 is 0 Å². The van der Waals surface area contributed by atoms with Gasteiger partial charge < -0.3 is 4.90 Å². The normalized spacial score (nSPS) is 10.2. The van der Waals surface area contributed by atoms with E-state index in [1.165, 1.54) is 0 Å². The minimum Gasteiger partial charge on any atom is -0.342 e. The lowest BCUT2D eigenvalue weighted by atomic mass is 10.1. The summed E-state index contributed by atoms with van der Waals surface area (Å²) >= 11 is 6.80. The molecule has 0 spiro atoms. The van der Waals surface area contributed by atoms with Crippen molar-refractivity contribution >= 4 is 37.8 Å². The van der Waals surface area contributed by atoms with Gasteiger partial charge in [-0.1, -0.05) is 37.9 Å². The number of amides is 1. The standard InChI is InChI=1S/C12H15Br2NO/c1-9-4-5-10(8-11(9)14)12(16)15(2)7-3-6-13/h4-5,8H,3,6-7H2,1-2H3. The molecule has 0 atom stereocenters. The van der Waals surface area contributed by atoms with Gasteiger partial charge in [0.1, 0.15) is 0 Å². The zero-order valence-corrected chi connectivity index (χ0v) is 12.6. The Morgan fingerprint density at radius 3 is 2.69 bits per heavy atom. The van der Waals surface area contributed by atoms with Gasteiger partial charge in [-0.25, -0.2) is 0 Å². The topological polar surface area (TPSA) is 20.3 Å². The SMILES string of the molecule is Cc1ccc(C(=O)N(C)CCCBr)cc1Br. The van der Waals surface area contributed by atoms with Gasteiger partial charge in [-0.15, -0.1) is 0 Å². The Balaban J connectivity index is 2.76. The number of rotatable bonds is 4. The molecule has 0 aliphatic heterocycles. The molecule has 0 aliphatic carbocycles. The van der Waals surface area contributed by atoms with Gasteiger partial charge in [0.2, 0.25) is 0 Å². The van der Waals surface area contributed by atoms with E-state index in [0.717, 1.165) is 33.9 Å². The number of carbonyl (C=O) groups excluding carboxylic acids is 1.